The number of imidazole rings is 1. The summed E-state index contributed by atoms with van der Waals surface area (Å²) in [5, 5.41) is 5.72. The highest BCUT2D eigenvalue weighted by Crippen LogP contribution is 2.32. The van der Waals surface area contributed by atoms with Crippen LogP contribution in [0.2, 0.25) is 0 Å². The quantitative estimate of drug-likeness (QED) is 0.846. The van der Waals surface area contributed by atoms with Gasteiger partial charge in [-0.2, -0.15) is 0 Å². The van der Waals surface area contributed by atoms with Crippen molar-refractivity contribution < 1.29 is 9.59 Å². The predicted octanol–water partition coefficient (Wildman–Crippen LogP) is 0.809. The fraction of sp³-hybridized carbons (Fsp3) is 0.643. The zero-order valence-corrected chi connectivity index (χ0v) is 12.4. The van der Waals surface area contributed by atoms with Crippen LogP contribution < -0.4 is 10.6 Å². The summed E-state index contributed by atoms with van der Waals surface area (Å²) >= 11 is 0. The van der Waals surface area contributed by atoms with E-state index in [4.69, 9.17) is 0 Å². The standard InChI is InChI=1S/C14H21N5O2/c1-9-8-11(12-15-5-7-19(9)12)17-14(21)16-10-4-3-6-18(2)13(10)20/h5,7,9-11H,3-4,6,8H2,1-2H3,(H2,16,17,21). The van der Waals surface area contributed by atoms with Crippen molar-refractivity contribution >= 4 is 11.9 Å². The number of rotatable bonds is 2. The van der Waals surface area contributed by atoms with Crippen molar-refractivity contribution in [2.45, 2.75) is 44.3 Å². The molecule has 0 radical (unpaired) electrons. The van der Waals surface area contributed by atoms with Crippen molar-refractivity contribution in [1.29, 1.82) is 0 Å². The first-order valence-electron chi connectivity index (χ1n) is 7.41. The van der Waals surface area contributed by atoms with Crippen molar-refractivity contribution in [2.75, 3.05) is 13.6 Å². The minimum atomic E-state index is -0.415. The van der Waals surface area contributed by atoms with Crippen LogP contribution in [0.3, 0.4) is 0 Å². The van der Waals surface area contributed by atoms with Gasteiger partial charge in [-0.1, -0.05) is 0 Å². The maximum absolute atomic E-state index is 12.1. The summed E-state index contributed by atoms with van der Waals surface area (Å²) in [7, 11) is 1.77. The summed E-state index contributed by atoms with van der Waals surface area (Å²) in [4.78, 5) is 30.1. The average Bonchev–Trinajstić information content (AvgIpc) is 3.01. The molecule has 3 rings (SSSR count). The number of hydrogen-bond acceptors (Lipinski definition) is 3. The summed E-state index contributed by atoms with van der Waals surface area (Å²) < 4.78 is 2.07. The number of amides is 3. The smallest absolute Gasteiger partial charge is 0.316 e. The van der Waals surface area contributed by atoms with E-state index in [1.165, 1.54) is 0 Å². The van der Waals surface area contributed by atoms with E-state index >= 15 is 0 Å². The molecule has 1 aromatic heterocycles. The molecule has 1 saturated heterocycles. The van der Waals surface area contributed by atoms with Crippen molar-refractivity contribution in [3.63, 3.8) is 0 Å². The molecule has 2 N–H and O–H groups in total. The van der Waals surface area contributed by atoms with Gasteiger partial charge < -0.3 is 20.1 Å². The third-order valence-corrected chi connectivity index (χ3v) is 4.33. The molecule has 21 heavy (non-hydrogen) atoms. The van der Waals surface area contributed by atoms with Crippen LogP contribution in [-0.2, 0) is 4.79 Å². The molecule has 7 heteroatoms. The Balaban J connectivity index is 1.59. The number of hydrogen-bond donors (Lipinski definition) is 2. The van der Waals surface area contributed by atoms with Crippen LogP contribution in [0.5, 0.6) is 0 Å². The molecule has 1 aromatic rings. The Kier molecular flexibility index (Phi) is 3.57. The van der Waals surface area contributed by atoms with Gasteiger partial charge in [-0.15, -0.1) is 0 Å². The van der Waals surface area contributed by atoms with Gasteiger partial charge in [-0.25, -0.2) is 9.78 Å². The van der Waals surface area contributed by atoms with E-state index in [9.17, 15) is 9.59 Å². The minimum Gasteiger partial charge on any atom is -0.344 e. The zero-order chi connectivity index (χ0) is 15.0. The van der Waals surface area contributed by atoms with Crippen LogP contribution in [-0.4, -0.2) is 46.0 Å². The minimum absolute atomic E-state index is 0.0160. The molecule has 3 amide bonds. The van der Waals surface area contributed by atoms with Crippen molar-refractivity contribution in [2.24, 2.45) is 0 Å². The topological polar surface area (TPSA) is 79.3 Å². The molecular weight excluding hydrogens is 270 g/mol. The highest BCUT2D eigenvalue weighted by molar-refractivity contribution is 5.87. The highest BCUT2D eigenvalue weighted by Gasteiger charge is 2.32. The molecular formula is C14H21N5O2. The van der Waals surface area contributed by atoms with Gasteiger partial charge in [-0.05, 0) is 26.2 Å². The lowest BCUT2D eigenvalue weighted by Crippen LogP contribution is -2.53. The van der Waals surface area contributed by atoms with E-state index in [0.717, 1.165) is 25.2 Å². The lowest BCUT2D eigenvalue weighted by molar-refractivity contribution is -0.134. The Morgan fingerprint density at radius 3 is 2.95 bits per heavy atom. The molecule has 3 heterocycles. The monoisotopic (exact) mass is 291 g/mol. The second-order valence-corrected chi connectivity index (χ2v) is 5.90. The van der Waals surface area contributed by atoms with Gasteiger partial charge >= 0.3 is 6.03 Å². The number of carbonyl (C=O) groups is 2. The van der Waals surface area contributed by atoms with Gasteiger partial charge in [-0.3, -0.25) is 4.79 Å². The molecule has 0 aromatic carbocycles. The number of likely N-dealkylation sites (tertiary alicyclic amines) is 1. The van der Waals surface area contributed by atoms with Crippen molar-refractivity contribution in [1.82, 2.24) is 25.1 Å². The van der Waals surface area contributed by atoms with Crippen molar-refractivity contribution in [3.8, 4) is 0 Å². The van der Waals surface area contributed by atoms with Crippen LogP contribution in [0.25, 0.3) is 0 Å². The molecule has 0 aliphatic carbocycles. The highest BCUT2D eigenvalue weighted by atomic mass is 16.2. The summed E-state index contributed by atoms with van der Waals surface area (Å²) in [5.74, 6) is 0.863. The molecule has 1 fully saturated rings. The molecule has 0 bridgehead atoms. The maximum Gasteiger partial charge on any atom is 0.316 e. The summed E-state index contributed by atoms with van der Waals surface area (Å²) in [6.07, 6.45) is 6.12. The van der Waals surface area contributed by atoms with E-state index in [2.05, 4.69) is 27.1 Å². The Hall–Kier alpha value is -2.05. The molecule has 2 aliphatic rings. The van der Waals surface area contributed by atoms with E-state index in [1.807, 2.05) is 6.20 Å². The van der Waals surface area contributed by atoms with Gasteiger partial charge in [0.2, 0.25) is 5.91 Å². The molecule has 7 nitrogen and oxygen atoms in total. The number of likely N-dealkylation sites (N-methyl/N-ethyl adjacent to an activating group) is 1. The van der Waals surface area contributed by atoms with Gasteiger partial charge in [0.1, 0.15) is 11.9 Å². The number of aromatic nitrogens is 2. The fourth-order valence-corrected chi connectivity index (χ4v) is 3.18. The molecule has 0 saturated carbocycles. The number of nitrogens with zero attached hydrogens (tertiary/aromatic N) is 3. The Labute approximate surface area is 123 Å². The zero-order valence-electron chi connectivity index (χ0n) is 12.4. The third-order valence-electron chi connectivity index (χ3n) is 4.33. The van der Waals surface area contributed by atoms with Crippen molar-refractivity contribution in [3.05, 3.63) is 18.2 Å². The second-order valence-electron chi connectivity index (χ2n) is 5.90. The SMILES string of the molecule is CC1CC(NC(=O)NC2CCCN(C)C2=O)c2nccn21. The maximum atomic E-state index is 12.1. The average molecular weight is 291 g/mol. The second kappa shape index (κ2) is 5.38. The fourth-order valence-electron chi connectivity index (χ4n) is 3.18. The lowest BCUT2D eigenvalue weighted by Gasteiger charge is -2.29. The molecule has 3 atom stereocenters. The number of nitrogens with one attached hydrogen (secondary N) is 2. The van der Waals surface area contributed by atoms with E-state index in [0.29, 0.717) is 12.5 Å². The number of fused-ring (bicyclic) bond motifs is 1. The first kappa shape index (κ1) is 13.9. The van der Waals surface area contributed by atoms with Gasteiger partial charge in [0, 0.05) is 32.0 Å². The lowest BCUT2D eigenvalue weighted by atomic mass is 10.1. The van der Waals surface area contributed by atoms with E-state index in [-0.39, 0.29) is 18.0 Å². The Morgan fingerprint density at radius 1 is 1.38 bits per heavy atom. The molecule has 114 valence electrons. The van der Waals surface area contributed by atoms with Gasteiger partial charge in [0.25, 0.3) is 0 Å². The third kappa shape index (κ3) is 2.59. The van der Waals surface area contributed by atoms with Crippen LogP contribution in [0.15, 0.2) is 12.4 Å². The molecule has 2 aliphatic heterocycles. The number of carbonyl (C=O) groups excluding carboxylic acids is 2. The number of piperidine rings is 1. The van der Waals surface area contributed by atoms with Gasteiger partial charge in [0.15, 0.2) is 0 Å². The van der Waals surface area contributed by atoms with Crippen LogP contribution in [0.1, 0.15) is 44.1 Å². The van der Waals surface area contributed by atoms with Crippen LogP contribution in [0.4, 0.5) is 4.79 Å². The van der Waals surface area contributed by atoms with Crippen LogP contribution >= 0.6 is 0 Å². The summed E-state index contributed by atoms with van der Waals surface area (Å²) in [5.41, 5.74) is 0. The summed E-state index contributed by atoms with van der Waals surface area (Å²) in [6, 6.07) is -0.471. The van der Waals surface area contributed by atoms with Crippen LogP contribution in [0, 0.1) is 0 Å². The first-order valence-corrected chi connectivity index (χ1v) is 7.41. The largest absolute Gasteiger partial charge is 0.344 e. The number of urea groups is 1. The molecule has 3 unspecified atom stereocenters. The Morgan fingerprint density at radius 2 is 2.14 bits per heavy atom. The van der Waals surface area contributed by atoms with Gasteiger partial charge in [0.05, 0.1) is 6.04 Å². The predicted molar refractivity (Wildman–Crippen MR) is 76.6 cm³/mol. The molecule has 0 spiro atoms. The first-order chi connectivity index (χ1) is 10.1. The van der Waals surface area contributed by atoms with E-state index < -0.39 is 6.04 Å². The summed E-state index contributed by atoms with van der Waals surface area (Å²) in [6.45, 7) is 2.86. The van der Waals surface area contributed by atoms with E-state index in [1.54, 1.807) is 18.1 Å². The Bertz CT molecular complexity index is 555. The normalized spacial score (nSPS) is 28.4.